The maximum Gasteiger partial charge on any atom is 0.0780 e. The summed E-state index contributed by atoms with van der Waals surface area (Å²) in [5.74, 6) is 0. The van der Waals surface area contributed by atoms with Crippen LogP contribution >= 0.6 is 0 Å². The summed E-state index contributed by atoms with van der Waals surface area (Å²) < 4.78 is 10.8. The predicted molar refractivity (Wildman–Crippen MR) is 58.9 cm³/mol. The van der Waals surface area contributed by atoms with E-state index in [1.165, 1.54) is 0 Å². The number of aliphatic hydroxyl groups is 2. The van der Waals surface area contributed by atoms with Gasteiger partial charge in [0, 0.05) is 13.2 Å². The lowest BCUT2D eigenvalue weighted by atomic mass is 10.2. The van der Waals surface area contributed by atoms with Crippen LogP contribution in [0.5, 0.6) is 0 Å². The molecule has 0 rings (SSSR count). The second-order valence-electron chi connectivity index (χ2n) is 3.79. The van der Waals surface area contributed by atoms with Crippen LogP contribution < -0.4 is 0 Å². The molecule has 4 nitrogen and oxygen atoms in total. The van der Waals surface area contributed by atoms with Gasteiger partial charge in [-0.15, -0.1) is 0 Å². The topological polar surface area (TPSA) is 58.9 Å². The summed E-state index contributed by atoms with van der Waals surface area (Å²) in [6.45, 7) is 5.31. The Morgan fingerprint density at radius 3 is 2.27 bits per heavy atom. The molecule has 2 atom stereocenters. The van der Waals surface area contributed by atoms with Gasteiger partial charge in [0.1, 0.15) is 0 Å². The highest BCUT2D eigenvalue weighted by Crippen LogP contribution is 2.00. The average Bonchev–Trinajstić information content (AvgIpc) is 2.25. The summed E-state index contributed by atoms with van der Waals surface area (Å²) in [4.78, 5) is 0. The standard InChI is InChI=1S/C11H24O4/c1-10(8-13)15-9-11(2)14-7-5-3-4-6-12/h10-13H,3-9H2,1-2H3. The van der Waals surface area contributed by atoms with E-state index in [4.69, 9.17) is 19.7 Å². The molecule has 0 saturated heterocycles. The summed E-state index contributed by atoms with van der Waals surface area (Å²) in [5, 5.41) is 17.3. The molecule has 0 aromatic heterocycles. The van der Waals surface area contributed by atoms with Crippen molar-refractivity contribution in [2.24, 2.45) is 0 Å². The minimum absolute atomic E-state index is 0.0449. The van der Waals surface area contributed by atoms with Gasteiger partial charge in [-0.2, -0.15) is 0 Å². The Morgan fingerprint density at radius 1 is 0.933 bits per heavy atom. The molecule has 92 valence electrons. The number of ether oxygens (including phenoxy) is 2. The van der Waals surface area contributed by atoms with Crippen LogP contribution in [0.3, 0.4) is 0 Å². The Kier molecular flexibility index (Phi) is 10.3. The molecule has 0 spiro atoms. The van der Waals surface area contributed by atoms with Gasteiger partial charge in [-0.05, 0) is 33.1 Å². The summed E-state index contributed by atoms with van der Waals surface area (Å²) in [5.41, 5.74) is 0. The Morgan fingerprint density at radius 2 is 1.67 bits per heavy atom. The van der Waals surface area contributed by atoms with Crippen LogP contribution in [0, 0.1) is 0 Å². The first-order valence-corrected chi connectivity index (χ1v) is 5.65. The quantitative estimate of drug-likeness (QED) is 0.538. The highest BCUT2D eigenvalue weighted by molar-refractivity contribution is 4.51. The molecular formula is C11H24O4. The fourth-order valence-electron chi connectivity index (χ4n) is 1.08. The van der Waals surface area contributed by atoms with Gasteiger partial charge in [-0.3, -0.25) is 0 Å². The molecule has 0 aromatic rings. The van der Waals surface area contributed by atoms with Gasteiger partial charge in [0.05, 0.1) is 25.4 Å². The third kappa shape index (κ3) is 10.1. The minimum atomic E-state index is -0.120. The zero-order chi connectivity index (χ0) is 11.5. The van der Waals surface area contributed by atoms with Crippen LogP contribution in [-0.2, 0) is 9.47 Å². The van der Waals surface area contributed by atoms with Crippen molar-refractivity contribution < 1.29 is 19.7 Å². The predicted octanol–water partition coefficient (Wildman–Crippen LogP) is 0.951. The van der Waals surface area contributed by atoms with Crippen molar-refractivity contribution in [3.63, 3.8) is 0 Å². The number of hydrogen-bond acceptors (Lipinski definition) is 4. The first-order chi connectivity index (χ1) is 7.20. The molecule has 0 aromatic carbocycles. The van der Waals surface area contributed by atoms with Gasteiger partial charge < -0.3 is 19.7 Å². The van der Waals surface area contributed by atoms with Gasteiger partial charge in [-0.1, -0.05) is 0 Å². The Bertz CT molecular complexity index is 130. The molecule has 0 amide bonds. The van der Waals surface area contributed by atoms with Crippen molar-refractivity contribution in [1.82, 2.24) is 0 Å². The number of rotatable bonds is 10. The lowest BCUT2D eigenvalue weighted by Crippen LogP contribution is -2.22. The molecule has 0 aliphatic rings. The van der Waals surface area contributed by atoms with Crippen molar-refractivity contribution in [3.05, 3.63) is 0 Å². The summed E-state index contributed by atoms with van der Waals surface area (Å²) in [6, 6.07) is 0. The van der Waals surface area contributed by atoms with E-state index in [9.17, 15) is 0 Å². The van der Waals surface area contributed by atoms with Crippen LogP contribution in [0.4, 0.5) is 0 Å². The third-order valence-corrected chi connectivity index (χ3v) is 2.08. The molecule has 0 aliphatic carbocycles. The Hall–Kier alpha value is -0.160. The molecule has 0 radical (unpaired) electrons. The first-order valence-electron chi connectivity index (χ1n) is 5.65. The summed E-state index contributed by atoms with van der Waals surface area (Å²) in [6.07, 6.45) is 2.76. The van der Waals surface area contributed by atoms with Crippen molar-refractivity contribution in [3.8, 4) is 0 Å². The van der Waals surface area contributed by atoms with Gasteiger partial charge in [-0.25, -0.2) is 0 Å². The normalized spacial score (nSPS) is 15.2. The van der Waals surface area contributed by atoms with Crippen LogP contribution in [0.2, 0.25) is 0 Å². The Balaban J connectivity index is 3.21. The Labute approximate surface area is 92.2 Å². The molecule has 0 fully saturated rings. The van der Waals surface area contributed by atoms with E-state index in [1.54, 1.807) is 0 Å². The van der Waals surface area contributed by atoms with E-state index >= 15 is 0 Å². The van der Waals surface area contributed by atoms with Gasteiger partial charge in [0.15, 0.2) is 0 Å². The van der Waals surface area contributed by atoms with Crippen molar-refractivity contribution in [2.45, 2.75) is 45.3 Å². The minimum Gasteiger partial charge on any atom is -0.396 e. The average molecular weight is 220 g/mol. The fraction of sp³-hybridized carbons (Fsp3) is 1.00. The second-order valence-corrected chi connectivity index (χ2v) is 3.79. The van der Waals surface area contributed by atoms with E-state index < -0.39 is 0 Å². The third-order valence-electron chi connectivity index (χ3n) is 2.08. The van der Waals surface area contributed by atoms with Crippen LogP contribution in [-0.4, -0.2) is 48.8 Å². The number of aliphatic hydroxyl groups excluding tert-OH is 2. The fourth-order valence-corrected chi connectivity index (χ4v) is 1.08. The van der Waals surface area contributed by atoms with E-state index in [1.807, 2.05) is 13.8 Å². The molecule has 0 heterocycles. The maximum absolute atomic E-state index is 8.73. The smallest absolute Gasteiger partial charge is 0.0780 e. The monoisotopic (exact) mass is 220 g/mol. The highest BCUT2D eigenvalue weighted by atomic mass is 16.5. The van der Waals surface area contributed by atoms with Crippen LogP contribution in [0.15, 0.2) is 0 Å². The lowest BCUT2D eigenvalue weighted by Gasteiger charge is -2.16. The van der Waals surface area contributed by atoms with Crippen molar-refractivity contribution in [2.75, 3.05) is 26.4 Å². The maximum atomic E-state index is 8.73. The van der Waals surface area contributed by atoms with Gasteiger partial charge in [0.2, 0.25) is 0 Å². The molecule has 4 heteroatoms. The second kappa shape index (κ2) is 10.4. The number of hydrogen-bond donors (Lipinski definition) is 2. The first kappa shape index (κ1) is 14.8. The largest absolute Gasteiger partial charge is 0.396 e. The van der Waals surface area contributed by atoms with Crippen molar-refractivity contribution in [1.29, 1.82) is 0 Å². The molecule has 0 saturated carbocycles. The lowest BCUT2D eigenvalue weighted by molar-refractivity contribution is -0.0460. The summed E-state index contributed by atoms with van der Waals surface area (Å²) >= 11 is 0. The van der Waals surface area contributed by atoms with Gasteiger partial charge >= 0.3 is 0 Å². The molecule has 0 bridgehead atoms. The van der Waals surface area contributed by atoms with Crippen molar-refractivity contribution >= 4 is 0 Å². The highest BCUT2D eigenvalue weighted by Gasteiger charge is 2.05. The molecule has 0 aliphatic heterocycles. The molecular weight excluding hydrogens is 196 g/mol. The molecule has 15 heavy (non-hydrogen) atoms. The van der Waals surface area contributed by atoms with E-state index in [0.717, 1.165) is 19.3 Å². The molecule has 2 unspecified atom stereocenters. The van der Waals surface area contributed by atoms with E-state index in [-0.39, 0.29) is 25.4 Å². The number of unbranched alkanes of at least 4 members (excludes halogenated alkanes) is 2. The van der Waals surface area contributed by atoms with Crippen LogP contribution in [0.25, 0.3) is 0 Å². The zero-order valence-corrected chi connectivity index (χ0v) is 9.82. The van der Waals surface area contributed by atoms with E-state index in [2.05, 4.69) is 0 Å². The molecule has 2 N–H and O–H groups in total. The van der Waals surface area contributed by atoms with Gasteiger partial charge in [0.25, 0.3) is 0 Å². The van der Waals surface area contributed by atoms with E-state index in [0.29, 0.717) is 13.2 Å². The van der Waals surface area contributed by atoms with Crippen LogP contribution in [0.1, 0.15) is 33.1 Å². The summed E-state index contributed by atoms with van der Waals surface area (Å²) in [7, 11) is 0. The zero-order valence-electron chi connectivity index (χ0n) is 9.82. The SMILES string of the molecule is CC(CO)OCC(C)OCCCCCO.